The Kier molecular flexibility index (Phi) is 4.50. The van der Waals surface area contributed by atoms with Crippen molar-refractivity contribution in [2.75, 3.05) is 6.54 Å². The minimum atomic E-state index is -0.117. The summed E-state index contributed by atoms with van der Waals surface area (Å²) in [5.74, 6) is 0.506. The van der Waals surface area contributed by atoms with E-state index in [-0.39, 0.29) is 17.5 Å². The lowest BCUT2D eigenvalue weighted by Crippen LogP contribution is -2.31. The van der Waals surface area contributed by atoms with Gasteiger partial charge in [0.1, 0.15) is 5.01 Å². The van der Waals surface area contributed by atoms with Crippen LogP contribution in [0.25, 0.3) is 4.96 Å². The van der Waals surface area contributed by atoms with Crippen molar-refractivity contribution in [2.45, 2.75) is 57.9 Å². The molecule has 29 heavy (non-hydrogen) atoms. The Hall–Kier alpha value is -2.54. The third-order valence-electron chi connectivity index (χ3n) is 6.43. The third kappa shape index (κ3) is 3.08. The van der Waals surface area contributed by atoms with Crippen LogP contribution < -0.4 is 5.56 Å². The minimum Gasteiger partial charge on any atom is -0.333 e. The van der Waals surface area contributed by atoms with Crippen LogP contribution in [-0.2, 0) is 11.2 Å². The number of amides is 1. The number of hydrogen-bond donors (Lipinski definition) is 0. The maximum absolute atomic E-state index is 13.2. The van der Waals surface area contributed by atoms with Crippen LogP contribution >= 0.6 is 11.3 Å². The molecule has 1 aromatic carbocycles. The highest BCUT2D eigenvalue weighted by Gasteiger charge is 2.35. The van der Waals surface area contributed by atoms with Crippen molar-refractivity contribution in [1.29, 1.82) is 0 Å². The molecule has 150 valence electrons. The van der Waals surface area contributed by atoms with E-state index in [1.807, 2.05) is 11.8 Å². The zero-order valence-corrected chi connectivity index (χ0v) is 17.5. The highest BCUT2D eigenvalue weighted by atomic mass is 32.1. The molecule has 3 heterocycles. The van der Waals surface area contributed by atoms with E-state index in [0.717, 1.165) is 42.9 Å². The molecule has 0 saturated carbocycles. The Morgan fingerprint density at radius 1 is 1.24 bits per heavy atom. The zero-order valence-electron chi connectivity index (χ0n) is 16.7. The van der Waals surface area contributed by atoms with Crippen LogP contribution in [0.4, 0.5) is 0 Å². The summed E-state index contributed by atoms with van der Waals surface area (Å²) >= 11 is 1.43. The summed E-state index contributed by atoms with van der Waals surface area (Å²) < 4.78 is 1.40. The molecule has 1 saturated heterocycles. The molecule has 1 fully saturated rings. The molecule has 0 spiro atoms. The largest absolute Gasteiger partial charge is 0.333 e. The van der Waals surface area contributed by atoms with Crippen molar-refractivity contribution in [3.8, 4) is 0 Å². The van der Waals surface area contributed by atoms with Crippen LogP contribution in [0.3, 0.4) is 0 Å². The summed E-state index contributed by atoms with van der Waals surface area (Å²) in [4.78, 5) is 32.8. The molecular weight excluding hydrogens is 384 g/mol. The second-order valence-corrected chi connectivity index (χ2v) is 9.13. The van der Waals surface area contributed by atoms with Gasteiger partial charge < -0.3 is 4.90 Å². The van der Waals surface area contributed by atoms with E-state index in [1.165, 1.54) is 27.0 Å². The number of aromatic nitrogens is 3. The van der Waals surface area contributed by atoms with Gasteiger partial charge in [0.2, 0.25) is 10.9 Å². The van der Waals surface area contributed by atoms with Gasteiger partial charge in [-0.05, 0) is 56.6 Å². The molecule has 2 aliphatic rings. The second kappa shape index (κ2) is 7.06. The Balaban J connectivity index is 1.40. The number of likely N-dealkylation sites (tertiary alicyclic amines) is 1. The summed E-state index contributed by atoms with van der Waals surface area (Å²) in [7, 11) is 0. The number of fused-ring (bicyclic) bond motifs is 2. The Labute approximate surface area is 173 Å². The number of carbonyl (C=O) groups is 1. The highest BCUT2D eigenvalue weighted by Crippen LogP contribution is 2.39. The maximum Gasteiger partial charge on any atom is 0.278 e. The van der Waals surface area contributed by atoms with Gasteiger partial charge in [-0.2, -0.15) is 9.61 Å². The highest BCUT2D eigenvalue weighted by molar-refractivity contribution is 7.16. The lowest BCUT2D eigenvalue weighted by molar-refractivity contribution is -0.132. The summed E-state index contributed by atoms with van der Waals surface area (Å²) in [5, 5.41) is 5.38. The van der Waals surface area contributed by atoms with Gasteiger partial charge in [0, 0.05) is 24.2 Å². The number of hydrogen-bond acceptors (Lipinski definition) is 5. The van der Waals surface area contributed by atoms with Crippen LogP contribution in [0.5, 0.6) is 0 Å². The van der Waals surface area contributed by atoms with Crippen LogP contribution in [0, 0.1) is 13.8 Å². The number of rotatable bonds is 3. The van der Waals surface area contributed by atoms with Gasteiger partial charge in [-0.3, -0.25) is 9.59 Å². The standard InChI is InChI=1S/C22H24N4O2S/c1-13-14(2)23-22-26(21(13)28)24-20(29-22)18-8-5-11-25(18)19(27)12-16-10-9-15-6-3-4-7-17(15)16/h3-4,6-7,16,18H,5,8-12H2,1-2H3/t16-,18+/m0/s1. The van der Waals surface area contributed by atoms with E-state index in [4.69, 9.17) is 0 Å². The van der Waals surface area contributed by atoms with Gasteiger partial charge in [-0.1, -0.05) is 35.6 Å². The predicted octanol–water partition coefficient (Wildman–Crippen LogP) is 3.55. The first-order valence-electron chi connectivity index (χ1n) is 10.3. The Bertz CT molecular complexity index is 1170. The smallest absolute Gasteiger partial charge is 0.278 e. The van der Waals surface area contributed by atoms with Crippen molar-refractivity contribution in [1.82, 2.24) is 19.5 Å². The number of carbonyl (C=O) groups excluding carboxylic acids is 1. The SMILES string of the molecule is Cc1nc2sc([C@H]3CCCN3C(=O)C[C@@H]3CCc4ccccc43)nn2c(=O)c1C. The molecule has 1 aliphatic carbocycles. The summed E-state index contributed by atoms with van der Waals surface area (Å²) in [6.45, 7) is 4.39. The Morgan fingerprint density at radius 3 is 2.93 bits per heavy atom. The maximum atomic E-state index is 13.2. The average Bonchev–Trinajstić information content (AvgIpc) is 3.44. The lowest BCUT2D eigenvalue weighted by atomic mass is 9.97. The van der Waals surface area contributed by atoms with Crippen LogP contribution in [-0.4, -0.2) is 31.9 Å². The van der Waals surface area contributed by atoms with Gasteiger partial charge in [0.15, 0.2) is 0 Å². The van der Waals surface area contributed by atoms with E-state index in [1.54, 1.807) is 6.92 Å². The molecule has 1 aliphatic heterocycles. The molecule has 0 unspecified atom stereocenters. The van der Waals surface area contributed by atoms with Crippen molar-refractivity contribution in [3.63, 3.8) is 0 Å². The molecule has 0 N–H and O–H groups in total. The summed E-state index contributed by atoms with van der Waals surface area (Å²) in [5.41, 5.74) is 3.96. The summed E-state index contributed by atoms with van der Waals surface area (Å²) in [6.07, 6.45) is 4.51. The van der Waals surface area contributed by atoms with E-state index >= 15 is 0 Å². The van der Waals surface area contributed by atoms with Gasteiger partial charge in [0.05, 0.1) is 6.04 Å². The Morgan fingerprint density at radius 2 is 2.07 bits per heavy atom. The monoisotopic (exact) mass is 408 g/mol. The minimum absolute atomic E-state index is 0.0501. The van der Waals surface area contributed by atoms with Crippen molar-refractivity contribution >= 4 is 22.2 Å². The van der Waals surface area contributed by atoms with E-state index in [9.17, 15) is 9.59 Å². The van der Waals surface area contributed by atoms with Gasteiger partial charge in [0.25, 0.3) is 5.56 Å². The molecular formula is C22H24N4O2S. The van der Waals surface area contributed by atoms with E-state index in [0.29, 0.717) is 22.9 Å². The predicted molar refractivity (Wildman–Crippen MR) is 112 cm³/mol. The molecule has 1 amide bonds. The van der Waals surface area contributed by atoms with Crippen LogP contribution in [0.15, 0.2) is 29.1 Å². The van der Waals surface area contributed by atoms with E-state index in [2.05, 4.69) is 34.3 Å². The first kappa shape index (κ1) is 18.5. The zero-order chi connectivity index (χ0) is 20.1. The fourth-order valence-electron chi connectivity index (χ4n) is 4.68. The molecule has 2 atom stereocenters. The number of benzene rings is 1. The molecule has 0 bridgehead atoms. The lowest BCUT2D eigenvalue weighted by Gasteiger charge is -2.24. The van der Waals surface area contributed by atoms with Crippen molar-refractivity contribution < 1.29 is 4.79 Å². The van der Waals surface area contributed by atoms with Crippen molar-refractivity contribution in [2.24, 2.45) is 0 Å². The average molecular weight is 409 g/mol. The first-order valence-corrected chi connectivity index (χ1v) is 11.1. The van der Waals surface area contributed by atoms with Gasteiger partial charge in [-0.15, -0.1) is 0 Å². The van der Waals surface area contributed by atoms with Crippen LogP contribution in [0.2, 0.25) is 0 Å². The summed E-state index contributed by atoms with van der Waals surface area (Å²) in [6, 6.07) is 8.43. The fraction of sp³-hybridized carbons (Fsp3) is 0.455. The van der Waals surface area contributed by atoms with Crippen LogP contribution in [0.1, 0.15) is 65.0 Å². The number of aryl methyl sites for hydroxylation is 2. The first-order chi connectivity index (χ1) is 14.0. The molecule has 6 nitrogen and oxygen atoms in total. The fourth-order valence-corrected chi connectivity index (χ4v) is 5.77. The normalized spacial score (nSPS) is 21.1. The van der Waals surface area contributed by atoms with E-state index < -0.39 is 0 Å². The molecule has 3 aromatic rings. The molecule has 5 rings (SSSR count). The van der Waals surface area contributed by atoms with Gasteiger partial charge >= 0.3 is 0 Å². The topological polar surface area (TPSA) is 67.6 Å². The molecule has 2 aromatic heterocycles. The second-order valence-electron chi connectivity index (χ2n) is 8.15. The quantitative estimate of drug-likeness (QED) is 0.665. The van der Waals surface area contributed by atoms with Crippen molar-refractivity contribution in [3.05, 3.63) is 62.0 Å². The molecule has 7 heteroatoms. The van der Waals surface area contributed by atoms with Gasteiger partial charge in [-0.25, -0.2) is 4.98 Å². The third-order valence-corrected chi connectivity index (χ3v) is 7.44. The number of nitrogens with zero attached hydrogens (tertiary/aromatic N) is 4. The molecule has 0 radical (unpaired) electrons.